The standard InChI is InChI=1S/C11H12O6/c1-2-14-11(13)16-7-3-4-8-9(5-7)17-10(12)6-15-8/h3-5,10,12H,2,6H2,1H3. The van der Waals surface area contributed by atoms with Crippen molar-refractivity contribution in [2.24, 2.45) is 0 Å². The second-order valence-electron chi connectivity index (χ2n) is 3.28. The van der Waals surface area contributed by atoms with Crippen molar-refractivity contribution in [3.05, 3.63) is 18.2 Å². The maximum absolute atomic E-state index is 11.1. The number of benzene rings is 1. The second kappa shape index (κ2) is 4.92. The number of hydrogen-bond donors (Lipinski definition) is 1. The van der Waals surface area contributed by atoms with Gasteiger partial charge in [-0.05, 0) is 19.1 Å². The van der Waals surface area contributed by atoms with E-state index in [0.29, 0.717) is 11.5 Å². The highest BCUT2D eigenvalue weighted by Gasteiger charge is 2.19. The van der Waals surface area contributed by atoms with Crippen molar-refractivity contribution in [3.63, 3.8) is 0 Å². The predicted molar refractivity (Wildman–Crippen MR) is 56.2 cm³/mol. The van der Waals surface area contributed by atoms with Crippen LogP contribution in [0.3, 0.4) is 0 Å². The molecular weight excluding hydrogens is 228 g/mol. The molecule has 1 atom stereocenters. The van der Waals surface area contributed by atoms with Gasteiger partial charge in [-0.1, -0.05) is 0 Å². The molecule has 0 bridgehead atoms. The van der Waals surface area contributed by atoms with Gasteiger partial charge in [0.15, 0.2) is 18.1 Å². The lowest BCUT2D eigenvalue weighted by Crippen LogP contribution is -2.28. The molecule has 0 saturated carbocycles. The highest BCUT2D eigenvalue weighted by molar-refractivity contribution is 5.64. The molecule has 0 aliphatic carbocycles. The Kier molecular flexibility index (Phi) is 3.34. The number of carbonyl (C=O) groups is 1. The summed E-state index contributed by atoms with van der Waals surface area (Å²) in [4.78, 5) is 11.1. The first kappa shape index (κ1) is 11.5. The molecular formula is C11H12O6. The van der Waals surface area contributed by atoms with Gasteiger partial charge in [0.05, 0.1) is 6.61 Å². The summed E-state index contributed by atoms with van der Waals surface area (Å²) in [5, 5.41) is 9.23. The van der Waals surface area contributed by atoms with Gasteiger partial charge in [-0.15, -0.1) is 0 Å². The van der Waals surface area contributed by atoms with Crippen molar-refractivity contribution in [2.75, 3.05) is 13.2 Å². The van der Waals surface area contributed by atoms with Gasteiger partial charge in [-0.25, -0.2) is 4.79 Å². The van der Waals surface area contributed by atoms with Crippen molar-refractivity contribution in [3.8, 4) is 17.2 Å². The van der Waals surface area contributed by atoms with Crippen LogP contribution in [0.2, 0.25) is 0 Å². The molecule has 0 spiro atoms. The fraction of sp³-hybridized carbons (Fsp3) is 0.364. The van der Waals surface area contributed by atoms with E-state index in [2.05, 4.69) is 4.74 Å². The zero-order chi connectivity index (χ0) is 12.3. The second-order valence-corrected chi connectivity index (χ2v) is 3.28. The van der Waals surface area contributed by atoms with Gasteiger partial charge in [0, 0.05) is 6.07 Å². The van der Waals surface area contributed by atoms with Crippen molar-refractivity contribution in [1.29, 1.82) is 0 Å². The molecule has 6 nitrogen and oxygen atoms in total. The van der Waals surface area contributed by atoms with Gasteiger partial charge >= 0.3 is 6.16 Å². The first-order valence-corrected chi connectivity index (χ1v) is 5.15. The summed E-state index contributed by atoms with van der Waals surface area (Å²) in [6.45, 7) is 1.99. The molecule has 1 N–H and O–H groups in total. The number of aliphatic hydroxyl groups excluding tert-OH is 1. The Morgan fingerprint density at radius 2 is 2.35 bits per heavy atom. The van der Waals surface area contributed by atoms with E-state index in [1.165, 1.54) is 6.07 Å². The lowest BCUT2D eigenvalue weighted by molar-refractivity contribution is -0.0671. The first-order valence-electron chi connectivity index (χ1n) is 5.15. The largest absolute Gasteiger partial charge is 0.513 e. The summed E-state index contributed by atoms with van der Waals surface area (Å²) < 4.78 is 19.8. The van der Waals surface area contributed by atoms with Crippen LogP contribution in [0, 0.1) is 0 Å². The molecule has 1 aliphatic heterocycles. The third-order valence-corrected chi connectivity index (χ3v) is 2.02. The van der Waals surface area contributed by atoms with Crippen LogP contribution in [0.1, 0.15) is 6.92 Å². The zero-order valence-electron chi connectivity index (χ0n) is 9.21. The van der Waals surface area contributed by atoms with Crippen molar-refractivity contribution < 1.29 is 28.8 Å². The lowest BCUT2D eigenvalue weighted by Gasteiger charge is -2.22. The Hall–Kier alpha value is -1.95. The lowest BCUT2D eigenvalue weighted by atomic mass is 10.3. The SMILES string of the molecule is CCOC(=O)Oc1ccc2c(c1)OC(O)CO2. The number of ether oxygens (including phenoxy) is 4. The predicted octanol–water partition coefficient (Wildman–Crippen LogP) is 1.31. The Bertz CT molecular complexity index is 416. The molecule has 0 radical (unpaired) electrons. The third kappa shape index (κ3) is 2.79. The van der Waals surface area contributed by atoms with Crippen LogP contribution in [0.25, 0.3) is 0 Å². The molecule has 0 amide bonds. The van der Waals surface area contributed by atoms with E-state index in [9.17, 15) is 9.90 Å². The molecule has 6 heteroatoms. The Morgan fingerprint density at radius 3 is 3.12 bits per heavy atom. The molecule has 1 unspecified atom stereocenters. The maximum atomic E-state index is 11.1. The topological polar surface area (TPSA) is 74.2 Å². The van der Waals surface area contributed by atoms with Gasteiger partial charge in [-0.2, -0.15) is 0 Å². The van der Waals surface area contributed by atoms with Crippen LogP contribution in [0.15, 0.2) is 18.2 Å². The first-order chi connectivity index (χ1) is 8.19. The molecule has 1 aromatic rings. The zero-order valence-corrected chi connectivity index (χ0v) is 9.21. The molecule has 92 valence electrons. The maximum Gasteiger partial charge on any atom is 0.513 e. The Labute approximate surface area is 97.7 Å². The number of carbonyl (C=O) groups excluding carboxylic acids is 1. The van der Waals surface area contributed by atoms with Crippen LogP contribution in [-0.4, -0.2) is 30.8 Å². The third-order valence-electron chi connectivity index (χ3n) is 2.02. The van der Waals surface area contributed by atoms with Gasteiger partial charge in [-0.3, -0.25) is 0 Å². The average molecular weight is 240 g/mol. The number of hydrogen-bond acceptors (Lipinski definition) is 6. The fourth-order valence-corrected chi connectivity index (χ4v) is 1.35. The Morgan fingerprint density at radius 1 is 1.53 bits per heavy atom. The van der Waals surface area contributed by atoms with E-state index in [0.717, 1.165) is 0 Å². The molecule has 0 fully saturated rings. The Balaban J connectivity index is 2.10. The molecule has 0 aromatic heterocycles. The molecule has 1 heterocycles. The highest BCUT2D eigenvalue weighted by Crippen LogP contribution is 2.34. The van der Waals surface area contributed by atoms with Gasteiger partial charge < -0.3 is 24.1 Å². The molecule has 2 rings (SSSR count). The van der Waals surface area contributed by atoms with Crippen LogP contribution in [0.4, 0.5) is 4.79 Å². The number of fused-ring (bicyclic) bond motifs is 1. The van der Waals surface area contributed by atoms with E-state index in [1.54, 1.807) is 19.1 Å². The van der Waals surface area contributed by atoms with Crippen molar-refractivity contribution >= 4 is 6.16 Å². The smallest absolute Gasteiger partial charge is 0.483 e. The summed E-state index contributed by atoms with van der Waals surface area (Å²) in [6.07, 6.45) is -1.80. The molecule has 0 saturated heterocycles. The molecule has 1 aromatic carbocycles. The van der Waals surface area contributed by atoms with Gasteiger partial charge in [0.1, 0.15) is 5.75 Å². The average Bonchev–Trinajstić information content (AvgIpc) is 2.28. The van der Waals surface area contributed by atoms with Crippen LogP contribution in [0.5, 0.6) is 17.2 Å². The summed E-state index contributed by atoms with van der Waals surface area (Å²) in [5.41, 5.74) is 0. The normalized spacial score (nSPS) is 17.4. The molecule has 17 heavy (non-hydrogen) atoms. The van der Waals surface area contributed by atoms with E-state index in [4.69, 9.17) is 14.2 Å². The quantitative estimate of drug-likeness (QED) is 0.620. The minimum atomic E-state index is -1.01. The summed E-state index contributed by atoms with van der Waals surface area (Å²) in [7, 11) is 0. The van der Waals surface area contributed by atoms with Crippen LogP contribution < -0.4 is 14.2 Å². The van der Waals surface area contributed by atoms with Crippen LogP contribution >= 0.6 is 0 Å². The fourth-order valence-electron chi connectivity index (χ4n) is 1.35. The minimum absolute atomic E-state index is 0.0745. The summed E-state index contributed by atoms with van der Waals surface area (Å²) in [6, 6.07) is 4.60. The number of aliphatic hydroxyl groups is 1. The summed E-state index contributed by atoms with van der Waals surface area (Å²) >= 11 is 0. The van der Waals surface area contributed by atoms with E-state index in [1.807, 2.05) is 0 Å². The van der Waals surface area contributed by atoms with Crippen LogP contribution in [-0.2, 0) is 4.74 Å². The van der Waals surface area contributed by atoms with Crippen molar-refractivity contribution in [2.45, 2.75) is 13.2 Å². The summed E-state index contributed by atoms with van der Waals surface area (Å²) in [5.74, 6) is 1.08. The monoisotopic (exact) mass is 240 g/mol. The van der Waals surface area contributed by atoms with Gasteiger partial charge in [0.25, 0.3) is 0 Å². The number of rotatable bonds is 2. The highest BCUT2D eigenvalue weighted by atomic mass is 16.7. The minimum Gasteiger partial charge on any atom is -0.483 e. The van der Waals surface area contributed by atoms with Gasteiger partial charge in [0.2, 0.25) is 6.29 Å². The van der Waals surface area contributed by atoms with E-state index < -0.39 is 12.4 Å². The van der Waals surface area contributed by atoms with E-state index in [-0.39, 0.29) is 19.0 Å². The molecule has 1 aliphatic rings. The van der Waals surface area contributed by atoms with E-state index >= 15 is 0 Å². The van der Waals surface area contributed by atoms with Crippen molar-refractivity contribution in [1.82, 2.24) is 0 Å².